The Bertz CT molecular complexity index is 1260. The molecule has 1 aromatic carbocycles. The molecule has 240 valence electrons. The van der Waals surface area contributed by atoms with E-state index in [0.717, 1.165) is 5.56 Å². The Morgan fingerprint density at radius 2 is 1.84 bits per heavy atom. The van der Waals surface area contributed by atoms with E-state index in [2.05, 4.69) is 22.8 Å². The molecule has 0 spiro atoms. The number of aromatic nitrogens is 1. The van der Waals surface area contributed by atoms with E-state index in [9.17, 15) is 14.4 Å². The Kier molecular flexibility index (Phi) is 14.6. The summed E-state index contributed by atoms with van der Waals surface area (Å²) in [5.41, 5.74) is 0.632. The largest absolute Gasteiger partial charge is 0.461 e. The average Bonchev–Trinajstić information content (AvgIpc) is 3.45. The van der Waals surface area contributed by atoms with Crippen molar-refractivity contribution in [2.45, 2.75) is 84.6 Å². The van der Waals surface area contributed by atoms with E-state index in [0.29, 0.717) is 24.3 Å². The molecule has 2 aromatic rings. The molecule has 10 heteroatoms. The summed E-state index contributed by atoms with van der Waals surface area (Å²) in [5, 5.41) is 5.33. The van der Waals surface area contributed by atoms with Crippen molar-refractivity contribution < 1.29 is 28.6 Å². The summed E-state index contributed by atoms with van der Waals surface area (Å²) in [6, 6.07) is 9.17. The third kappa shape index (κ3) is 12.1. The van der Waals surface area contributed by atoms with Gasteiger partial charge in [-0.25, -0.2) is 9.78 Å². The topological polar surface area (TPSA) is 107 Å². The van der Waals surface area contributed by atoms with Gasteiger partial charge in [0, 0.05) is 30.9 Å². The third-order valence-corrected chi connectivity index (χ3v) is 7.78. The summed E-state index contributed by atoms with van der Waals surface area (Å²) in [6.07, 6.45) is 7.37. The highest BCUT2D eigenvalue weighted by Crippen LogP contribution is 2.30. The molecule has 1 N–H and O–H groups in total. The Balaban J connectivity index is 2.25. The summed E-state index contributed by atoms with van der Waals surface area (Å²) < 4.78 is 16.8. The summed E-state index contributed by atoms with van der Waals surface area (Å²) in [5.74, 6) is 1.43. The van der Waals surface area contributed by atoms with Crippen LogP contribution in [0.5, 0.6) is 0 Å². The highest BCUT2D eigenvalue weighted by atomic mass is 32.1. The zero-order valence-corrected chi connectivity index (χ0v) is 27.8. The number of rotatable bonds is 16. The Morgan fingerprint density at radius 1 is 1.16 bits per heavy atom. The maximum atomic E-state index is 13.4. The highest BCUT2D eigenvalue weighted by Gasteiger charge is 2.32. The molecule has 0 bridgehead atoms. The van der Waals surface area contributed by atoms with Gasteiger partial charge in [0.05, 0.1) is 5.92 Å². The summed E-state index contributed by atoms with van der Waals surface area (Å²) >= 11 is 1.30. The Hall–Kier alpha value is -3.68. The molecule has 0 radical (unpaired) electrons. The molecule has 44 heavy (non-hydrogen) atoms. The van der Waals surface area contributed by atoms with Gasteiger partial charge in [0.15, 0.2) is 0 Å². The van der Waals surface area contributed by atoms with Gasteiger partial charge in [0.2, 0.25) is 0 Å². The monoisotopic (exact) mass is 625 g/mol. The average molecular weight is 626 g/mol. The van der Waals surface area contributed by atoms with E-state index in [4.69, 9.17) is 20.6 Å². The van der Waals surface area contributed by atoms with E-state index in [1.54, 1.807) is 24.3 Å². The van der Waals surface area contributed by atoms with E-state index < -0.39 is 23.7 Å². The molecule has 0 unspecified atom stereocenters. The van der Waals surface area contributed by atoms with Crippen molar-refractivity contribution >= 4 is 29.3 Å². The number of thiazole rings is 1. The first kappa shape index (κ1) is 36.5. The molecule has 0 saturated heterocycles. The van der Waals surface area contributed by atoms with Crippen LogP contribution in [-0.4, -0.2) is 65.8 Å². The van der Waals surface area contributed by atoms with Crippen molar-refractivity contribution in [2.24, 2.45) is 11.8 Å². The molecule has 0 saturated carbocycles. The molecule has 1 heterocycles. The number of benzene rings is 1. The number of terminal acetylenes is 1. The van der Waals surface area contributed by atoms with Gasteiger partial charge in [-0.05, 0) is 45.1 Å². The smallest absolute Gasteiger partial charge is 0.410 e. The highest BCUT2D eigenvalue weighted by molar-refractivity contribution is 7.09. The van der Waals surface area contributed by atoms with Crippen molar-refractivity contribution in [2.75, 3.05) is 20.3 Å². The van der Waals surface area contributed by atoms with Gasteiger partial charge in [-0.15, -0.1) is 17.8 Å². The molecule has 0 fully saturated rings. The van der Waals surface area contributed by atoms with E-state index in [1.807, 2.05) is 65.0 Å². The zero-order chi connectivity index (χ0) is 32.9. The molecule has 9 nitrogen and oxygen atoms in total. The van der Waals surface area contributed by atoms with Gasteiger partial charge in [0.25, 0.3) is 5.91 Å². The number of carbonyl (C=O) groups is 3. The lowest BCUT2D eigenvalue weighted by Gasteiger charge is -2.34. The van der Waals surface area contributed by atoms with Crippen LogP contribution in [0.4, 0.5) is 4.79 Å². The van der Waals surface area contributed by atoms with Gasteiger partial charge < -0.3 is 24.4 Å². The minimum absolute atomic E-state index is 0.0474. The molecule has 0 aliphatic rings. The second-order valence-corrected chi connectivity index (χ2v) is 13.0. The van der Waals surface area contributed by atoms with Crippen molar-refractivity contribution in [3.63, 3.8) is 0 Å². The van der Waals surface area contributed by atoms with Crippen LogP contribution in [0.2, 0.25) is 0 Å². The first-order chi connectivity index (χ1) is 20.7. The molecule has 1 aromatic heterocycles. The fourth-order valence-electron chi connectivity index (χ4n) is 4.65. The van der Waals surface area contributed by atoms with Crippen molar-refractivity contribution in [1.82, 2.24) is 15.2 Å². The van der Waals surface area contributed by atoms with Gasteiger partial charge in [-0.2, -0.15) is 0 Å². The van der Waals surface area contributed by atoms with Crippen LogP contribution in [0, 0.1) is 24.2 Å². The minimum Gasteiger partial charge on any atom is -0.461 e. The summed E-state index contributed by atoms with van der Waals surface area (Å²) in [6.45, 7) is 15.1. The maximum absolute atomic E-state index is 13.4. The van der Waals surface area contributed by atoms with Crippen molar-refractivity contribution in [1.29, 1.82) is 0 Å². The second kappa shape index (κ2) is 17.6. The van der Waals surface area contributed by atoms with Crippen LogP contribution in [0.1, 0.15) is 81.5 Å². The van der Waals surface area contributed by atoms with Gasteiger partial charge in [0.1, 0.15) is 35.6 Å². The van der Waals surface area contributed by atoms with Crippen molar-refractivity contribution in [3.05, 3.63) is 64.6 Å². The normalized spacial score (nSPS) is 14.1. The standard InChI is InChI=1S/C34H47N3O6S/c1-10-17-41-29(21-28(23(3)4)37(9)33(40)43-34(6,7)8)31-36-27(22-44-31)30(38)35-26(20-25-15-13-12-14-16-25)19-24(5)32(39)42-18-11-2/h1,11-16,22-24,26,28-29H,2,17-21H2,3-9H3,(H,35,38)/t24-,26+,28+,29+/m0/s1. The van der Waals surface area contributed by atoms with Gasteiger partial charge in [-0.3, -0.25) is 9.59 Å². The van der Waals surface area contributed by atoms with Gasteiger partial charge >= 0.3 is 12.1 Å². The van der Waals surface area contributed by atoms with Crippen molar-refractivity contribution in [3.8, 4) is 12.3 Å². The van der Waals surface area contributed by atoms with Crippen LogP contribution in [0.15, 0.2) is 48.4 Å². The van der Waals surface area contributed by atoms with E-state index in [1.165, 1.54) is 17.4 Å². The predicted molar refractivity (Wildman–Crippen MR) is 173 cm³/mol. The lowest BCUT2D eigenvalue weighted by Crippen LogP contribution is -2.44. The predicted octanol–water partition coefficient (Wildman–Crippen LogP) is 6.21. The van der Waals surface area contributed by atoms with Crippen LogP contribution in [-0.2, 0) is 25.4 Å². The SMILES string of the molecule is C#CCO[C@H](C[C@H](C(C)C)N(C)C(=O)OC(C)(C)C)c1nc(C(=O)N[C@@H](Cc2ccccc2)C[C@H](C)C(=O)OCC=C)cs1. The number of nitrogens with one attached hydrogen (secondary N) is 1. The number of amides is 2. The molecular weight excluding hydrogens is 578 g/mol. The number of hydrogen-bond acceptors (Lipinski definition) is 8. The quantitative estimate of drug-likeness (QED) is 0.134. The molecule has 4 atom stereocenters. The molecule has 0 aliphatic carbocycles. The number of carbonyl (C=O) groups excluding carboxylic acids is 3. The lowest BCUT2D eigenvalue weighted by atomic mass is 9.96. The maximum Gasteiger partial charge on any atom is 0.410 e. The minimum atomic E-state index is -0.633. The third-order valence-electron chi connectivity index (χ3n) is 6.85. The Morgan fingerprint density at radius 3 is 2.43 bits per heavy atom. The molecule has 2 rings (SSSR count). The first-order valence-electron chi connectivity index (χ1n) is 14.8. The zero-order valence-electron chi connectivity index (χ0n) is 27.0. The fraction of sp³-hybridized carbons (Fsp3) is 0.529. The number of ether oxygens (including phenoxy) is 3. The second-order valence-electron chi connectivity index (χ2n) is 12.1. The summed E-state index contributed by atoms with van der Waals surface area (Å²) in [4.78, 5) is 45.0. The summed E-state index contributed by atoms with van der Waals surface area (Å²) in [7, 11) is 1.71. The van der Waals surface area contributed by atoms with E-state index >= 15 is 0 Å². The molecule has 2 amide bonds. The number of nitrogens with zero attached hydrogens (tertiary/aromatic N) is 2. The van der Waals surface area contributed by atoms with Crippen LogP contribution in [0.3, 0.4) is 0 Å². The van der Waals surface area contributed by atoms with Crippen LogP contribution >= 0.6 is 11.3 Å². The molecular formula is C34H47N3O6S. The van der Waals surface area contributed by atoms with Crippen LogP contribution < -0.4 is 5.32 Å². The van der Waals surface area contributed by atoms with Gasteiger partial charge in [-0.1, -0.05) is 69.7 Å². The Labute approximate surface area is 266 Å². The number of hydrogen-bond donors (Lipinski definition) is 1. The van der Waals surface area contributed by atoms with Crippen LogP contribution in [0.25, 0.3) is 0 Å². The first-order valence-corrected chi connectivity index (χ1v) is 15.7. The number of esters is 1. The molecule has 0 aliphatic heterocycles. The fourth-order valence-corrected chi connectivity index (χ4v) is 5.51. The lowest BCUT2D eigenvalue weighted by molar-refractivity contribution is -0.147. The van der Waals surface area contributed by atoms with E-state index in [-0.39, 0.29) is 48.8 Å².